The molecule has 20 heteroatoms. The van der Waals surface area contributed by atoms with E-state index < -0.39 is 65.1 Å². The Hall–Kier alpha value is -6.38. The molecule has 2 aromatic carbocycles. The Morgan fingerprint density at radius 3 is 2.43 bits per heavy atom. The van der Waals surface area contributed by atoms with Crippen molar-refractivity contribution in [3.63, 3.8) is 0 Å². The number of aliphatic hydroxyl groups is 2. The molecule has 1 aliphatic rings. The van der Waals surface area contributed by atoms with Crippen LogP contribution < -0.4 is 26.8 Å². The number of ether oxygens (including phenoxy) is 3. The van der Waals surface area contributed by atoms with Crippen LogP contribution >= 0.6 is 0 Å². The molecule has 61 heavy (non-hydrogen) atoms. The summed E-state index contributed by atoms with van der Waals surface area (Å²) in [6.07, 6.45) is -2.29. The minimum Gasteiger partial charge on any atom is -0.445 e. The number of amides is 5. The van der Waals surface area contributed by atoms with Crippen molar-refractivity contribution in [2.75, 3.05) is 30.8 Å². The van der Waals surface area contributed by atoms with Gasteiger partial charge in [0, 0.05) is 44.2 Å². The van der Waals surface area contributed by atoms with Crippen LogP contribution in [0.3, 0.4) is 0 Å². The molecule has 4 aromatic rings. The largest absolute Gasteiger partial charge is 0.445 e. The molecule has 0 saturated carbocycles. The molecule has 1 fully saturated rings. The van der Waals surface area contributed by atoms with Gasteiger partial charge in [-0.25, -0.2) is 14.6 Å². The van der Waals surface area contributed by atoms with Gasteiger partial charge in [-0.05, 0) is 62.4 Å². The number of carbonyl (C=O) groups is 5. The van der Waals surface area contributed by atoms with Crippen molar-refractivity contribution in [1.82, 2.24) is 35.1 Å². The summed E-state index contributed by atoms with van der Waals surface area (Å²) < 4.78 is 17.8. The number of rotatable bonds is 15. The molecule has 328 valence electrons. The number of aromatic amines is 1. The Labute approximate surface area is 351 Å². The number of fused-ring (bicyclic) bond motifs is 1. The topological polar surface area (TPSA) is 268 Å². The third-order valence-electron chi connectivity index (χ3n) is 9.39. The van der Waals surface area contributed by atoms with Crippen LogP contribution in [0, 0.1) is 5.41 Å². The van der Waals surface area contributed by atoms with E-state index in [2.05, 4.69) is 36.2 Å². The van der Waals surface area contributed by atoms with E-state index in [0.29, 0.717) is 16.8 Å². The van der Waals surface area contributed by atoms with Gasteiger partial charge >= 0.3 is 12.2 Å². The van der Waals surface area contributed by atoms with Crippen LogP contribution in [0.2, 0.25) is 0 Å². The number of aliphatic hydroxyl groups excluding tert-OH is 2. The van der Waals surface area contributed by atoms with Gasteiger partial charge in [-0.3, -0.25) is 34.0 Å². The van der Waals surface area contributed by atoms with Crippen LogP contribution in [0.25, 0.3) is 11.2 Å². The van der Waals surface area contributed by atoms with E-state index >= 15 is 0 Å². The van der Waals surface area contributed by atoms with Crippen LogP contribution in [0.1, 0.15) is 82.1 Å². The Morgan fingerprint density at radius 2 is 1.75 bits per heavy atom. The SMILES string of the molecule is C[C@H](NC(=O)CC(C)(C)CNC(=O)OC(C)(C)C)C(=O)Nc1ccc(COC(=O)N(C)Cc2ccccc2C(=O)Nc2nc3c(ncn3[C@@H]3O[C@H](CO)C[C@H]3O)c(=O)[nH]2)cc1. The van der Waals surface area contributed by atoms with Gasteiger partial charge in [-0.15, -0.1) is 0 Å². The maximum absolute atomic E-state index is 13.5. The number of aromatic nitrogens is 4. The first-order chi connectivity index (χ1) is 28.7. The van der Waals surface area contributed by atoms with Gasteiger partial charge in [0.2, 0.25) is 17.8 Å². The summed E-state index contributed by atoms with van der Waals surface area (Å²) in [5.74, 6) is -1.62. The van der Waals surface area contributed by atoms with Gasteiger partial charge in [0.05, 0.1) is 19.0 Å². The number of hydrogen-bond donors (Lipinski definition) is 7. The number of nitrogens with zero attached hydrogens (tertiary/aromatic N) is 4. The van der Waals surface area contributed by atoms with E-state index in [9.17, 15) is 39.0 Å². The molecule has 20 nitrogen and oxygen atoms in total. The minimum absolute atomic E-state index is 0.0126. The standard InChI is InChI=1S/C41H53N9O11/c1-23(44-30(53)17-41(5,6)21-42-38(57)61-40(2,3)4)33(54)45-26-14-12-24(13-15-26)20-59-39(58)49(7)18-25-10-8-9-11-28(25)34(55)47-37-46-32-31(35(56)48-37)43-22-50(32)36-29(52)16-27(19-51)60-36/h8-15,22-23,27,29,36,51-52H,16-21H2,1-7H3,(H,42,57)(H,44,53)(H,45,54)(H2,46,47,48,55,56)/t23-,27-,29+,36+/m0/s1. The van der Waals surface area contributed by atoms with Crippen molar-refractivity contribution in [3.05, 3.63) is 81.9 Å². The second-order valence-electron chi connectivity index (χ2n) is 16.6. The van der Waals surface area contributed by atoms with Crippen LogP contribution in [0.15, 0.2) is 59.7 Å². The normalized spacial score (nSPS) is 17.0. The number of H-pyrrole nitrogens is 1. The maximum Gasteiger partial charge on any atom is 0.410 e. The van der Waals surface area contributed by atoms with Crippen LogP contribution in [-0.4, -0.2) is 109 Å². The number of anilines is 2. The summed E-state index contributed by atoms with van der Waals surface area (Å²) in [6, 6.07) is 12.3. The minimum atomic E-state index is -0.990. The molecule has 1 saturated heterocycles. The molecule has 0 aliphatic carbocycles. The van der Waals surface area contributed by atoms with Gasteiger partial charge in [0.25, 0.3) is 11.5 Å². The highest BCUT2D eigenvalue weighted by molar-refractivity contribution is 6.04. The number of imidazole rings is 1. The lowest BCUT2D eigenvalue weighted by Gasteiger charge is -2.26. The van der Waals surface area contributed by atoms with Crippen molar-refractivity contribution in [2.24, 2.45) is 5.41 Å². The fourth-order valence-electron chi connectivity index (χ4n) is 6.31. The summed E-state index contributed by atoms with van der Waals surface area (Å²) >= 11 is 0. The number of alkyl carbamates (subject to hydrolysis) is 1. The van der Waals surface area contributed by atoms with E-state index in [1.54, 1.807) is 76.2 Å². The Morgan fingerprint density at radius 1 is 1.05 bits per heavy atom. The van der Waals surface area contributed by atoms with Crippen molar-refractivity contribution in [3.8, 4) is 0 Å². The predicted molar refractivity (Wildman–Crippen MR) is 221 cm³/mol. The van der Waals surface area contributed by atoms with Crippen LogP contribution in [-0.2, 0) is 37.0 Å². The number of hydrogen-bond acceptors (Lipinski definition) is 13. The molecular formula is C41H53N9O11. The first-order valence-corrected chi connectivity index (χ1v) is 19.6. The molecule has 5 rings (SSSR count). The molecule has 3 heterocycles. The third kappa shape index (κ3) is 12.6. The van der Waals surface area contributed by atoms with E-state index in [1.165, 1.54) is 22.8 Å². The number of benzene rings is 2. The molecule has 0 spiro atoms. The summed E-state index contributed by atoms with van der Waals surface area (Å²) in [4.78, 5) is 89.1. The zero-order chi connectivity index (χ0) is 44.6. The van der Waals surface area contributed by atoms with Gasteiger partial charge in [0.1, 0.15) is 24.4 Å². The lowest BCUT2D eigenvalue weighted by Crippen LogP contribution is -2.44. The van der Waals surface area contributed by atoms with Gasteiger partial charge in [0.15, 0.2) is 17.4 Å². The lowest BCUT2D eigenvalue weighted by atomic mass is 9.89. The van der Waals surface area contributed by atoms with Gasteiger partial charge in [-0.1, -0.05) is 44.2 Å². The predicted octanol–water partition coefficient (Wildman–Crippen LogP) is 3.17. The smallest absolute Gasteiger partial charge is 0.410 e. The Bertz CT molecular complexity index is 2280. The average molecular weight is 848 g/mol. The molecule has 5 amide bonds. The highest BCUT2D eigenvalue weighted by Crippen LogP contribution is 2.30. The fraction of sp³-hybridized carbons (Fsp3) is 0.463. The van der Waals surface area contributed by atoms with Crippen LogP contribution in [0.4, 0.5) is 21.2 Å². The molecule has 0 unspecified atom stereocenters. The van der Waals surface area contributed by atoms with E-state index in [1.807, 2.05) is 13.8 Å². The third-order valence-corrected chi connectivity index (χ3v) is 9.39. The molecule has 0 radical (unpaired) electrons. The number of carbonyl (C=O) groups excluding carboxylic acids is 5. The molecule has 7 N–H and O–H groups in total. The van der Waals surface area contributed by atoms with E-state index in [0.717, 1.165) is 0 Å². The summed E-state index contributed by atoms with van der Waals surface area (Å²) in [5, 5.41) is 30.6. The summed E-state index contributed by atoms with van der Waals surface area (Å²) in [7, 11) is 1.51. The summed E-state index contributed by atoms with van der Waals surface area (Å²) in [5.41, 5.74) is -0.134. The highest BCUT2D eigenvalue weighted by atomic mass is 16.6. The van der Waals surface area contributed by atoms with Crippen molar-refractivity contribution in [1.29, 1.82) is 0 Å². The van der Waals surface area contributed by atoms with Crippen molar-refractivity contribution < 1.29 is 48.4 Å². The first-order valence-electron chi connectivity index (χ1n) is 19.6. The molecule has 0 bridgehead atoms. The molecular weight excluding hydrogens is 795 g/mol. The second kappa shape index (κ2) is 19.3. The average Bonchev–Trinajstić information content (AvgIpc) is 3.78. The zero-order valence-corrected chi connectivity index (χ0v) is 35.1. The quantitative estimate of drug-likeness (QED) is 0.0908. The molecule has 2 aromatic heterocycles. The summed E-state index contributed by atoms with van der Waals surface area (Å²) in [6.45, 7) is 10.2. The van der Waals surface area contributed by atoms with Gasteiger partial charge < -0.3 is 45.3 Å². The van der Waals surface area contributed by atoms with Gasteiger partial charge in [-0.2, -0.15) is 4.98 Å². The fourth-order valence-corrected chi connectivity index (χ4v) is 6.31. The molecule has 4 atom stereocenters. The van der Waals surface area contributed by atoms with E-state index in [4.69, 9.17) is 14.2 Å². The van der Waals surface area contributed by atoms with Crippen molar-refractivity contribution in [2.45, 2.75) is 97.6 Å². The monoisotopic (exact) mass is 847 g/mol. The van der Waals surface area contributed by atoms with Crippen molar-refractivity contribution >= 4 is 52.7 Å². The first kappa shape index (κ1) is 45.7. The number of nitrogens with one attached hydrogen (secondary N) is 5. The Balaban J connectivity index is 1.10. The van der Waals surface area contributed by atoms with E-state index in [-0.39, 0.29) is 67.7 Å². The lowest BCUT2D eigenvalue weighted by molar-refractivity contribution is -0.127. The van der Waals surface area contributed by atoms with Crippen LogP contribution in [0.5, 0.6) is 0 Å². The second-order valence-corrected chi connectivity index (χ2v) is 16.6. The molecule has 1 aliphatic heterocycles. The Kier molecular flexibility index (Phi) is 14.5. The highest BCUT2D eigenvalue weighted by Gasteiger charge is 2.36. The maximum atomic E-state index is 13.5. The zero-order valence-electron chi connectivity index (χ0n) is 35.1.